The van der Waals surface area contributed by atoms with Gasteiger partial charge in [-0.2, -0.15) is 0 Å². The monoisotopic (exact) mass is 256 g/mol. The second-order valence-electron chi connectivity index (χ2n) is 5.49. The molecule has 1 amide bonds. The molecule has 1 fully saturated rings. The summed E-state index contributed by atoms with van der Waals surface area (Å²) in [6.45, 7) is 7.96. The van der Waals surface area contributed by atoms with E-state index in [0.29, 0.717) is 17.9 Å². The van der Waals surface area contributed by atoms with Crippen molar-refractivity contribution in [1.82, 2.24) is 10.2 Å². The molecule has 1 heterocycles. The Balaban J connectivity index is 2.23. The second kappa shape index (κ2) is 8.48. The van der Waals surface area contributed by atoms with Crippen molar-refractivity contribution >= 4 is 5.91 Å². The van der Waals surface area contributed by atoms with Crippen LogP contribution in [0, 0.1) is 5.92 Å². The van der Waals surface area contributed by atoms with E-state index in [4.69, 9.17) is 4.74 Å². The minimum atomic E-state index is 0.345. The Labute approximate surface area is 111 Å². The number of likely N-dealkylation sites (tertiary alicyclic amines) is 1. The van der Waals surface area contributed by atoms with Crippen molar-refractivity contribution in [2.45, 2.75) is 45.6 Å². The van der Waals surface area contributed by atoms with Gasteiger partial charge in [0.25, 0.3) is 0 Å². The first kappa shape index (κ1) is 15.4. The van der Waals surface area contributed by atoms with Crippen LogP contribution in [0.4, 0.5) is 0 Å². The van der Waals surface area contributed by atoms with Crippen LogP contribution in [-0.4, -0.2) is 50.2 Å². The molecule has 1 aliphatic rings. The third-order valence-corrected chi connectivity index (χ3v) is 3.54. The topological polar surface area (TPSA) is 41.6 Å². The lowest BCUT2D eigenvalue weighted by atomic mass is 10.1. The Bertz CT molecular complexity index is 244. The maximum absolute atomic E-state index is 11.8. The third kappa shape index (κ3) is 5.36. The largest absolute Gasteiger partial charge is 0.383 e. The van der Waals surface area contributed by atoms with Gasteiger partial charge in [-0.3, -0.25) is 4.79 Å². The van der Waals surface area contributed by atoms with Gasteiger partial charge in [-0.25, -0.2) is 0 Å². The van der Waals surface area contributed by atoms with E-state index < -0.39 is 0 Å². The quantitative estimate of drug-likeness (QED) is 0.638. The molecule has 1 atom stereocenters. The summed E-state index contributed by atoms with van der Waals surface area (Å²) in [5, 5.41) is 3.35. The van der Waals surface area contributed by atoms with Crippen molar-refractivity contribution in [3.8, 4) is 0 Å². The third-order valence-electron chi connectivity index (χ3n) is 3.54. The molecule has 4 heteroatoms. The van der Waals surface area contributed by atoms with Crippen molar-refractivity contribution in [3.63, 3.8) is 0 Å². The van der Waals surface area contributed by atoms with E-state index in [2.05, 4.69) is 24.1 Å². The molecule has 0 saturated carbocycles. The van der Waals surface area contributed by atoms with Crippen molar-refractivity contribution in [3.05, 3.63) is 0 Å². The number of nitrogens with zero attached hydrogens (tertiary/aromatic N) is 1. The first-order valence-corrected chi connectivity index (χ1v) is 7.14. The van der Waals surface area contributed by atoms with E-state index in [1.165, 1.54) is 0 Å². The molecule has 0 radical (unpaired) electrons. The van der Waals surface area contributed by atoms with E-state index in [-0.39, 0.29) is 0 Å². The molecule has 0 spiro atoms. The summed E-state index contributed by atoms with van der Waals surface area (Å²) in [5.74, 6) is 1.01. The standard InChI is InChI=1S/C14H28N2O2/c1-12(2)7-10-16-13(4-5-14(16)17)6-8-15-9-11-18-3/h12-13,15H,4-11H2,1-3H3/t13-/m1/s1. The molecule has 0 aromatic carbocycles. The van der Waals surface area contributed by atoms with Gasteiger partial charge in [0.15, 0.2) is 0 Å². The number of hydrogen-bond donors (Lipinski definition) is 1. The molecule has 1 saturated heterocycles. The zero-order valence-electron chi connectivity index (χ0n) is 12.1. The van der Waals surface area contributed by atoms with Crippen LogP contribution >= 0.6 is 0 Å². The molecule has 4 nitrogen and oxygen atoms in total. The average molecular weight is 256 g/mol. The highest BCUT2D eigenvalue weighted by atomic mass is 16.5. The summed E-state index contributed by atoms with van der Waals surface area (Å²) in [5.41, 5.74) is 0. The van der Waals surface area contributed by atoms with Gasteiger partial charge in [-0.1, -0.05) is 13.8 Å². The van der Waals surface area contributed by atoms with Crippen LogP contribution in [0.1, 0.15) is 39.5 Å². The van der Waals surface area contributed by atoms with E-state index in [0.717, 1.165) is 51.9 Å². The van der Waals surface area contributed by atoms with Crippen LogP contribution in [0.15, 0.2) is 0 Å². The number of amides is 1. The number of methoxy groups -OCH3 is 1. The summed E-state index contributed by atoms with van der Waals surface area (Å²) in [7, 11) is 1.71. The fraction of sp³-hybridized carbons (Fsp3) is 0.929. The molecule has 0 aromatic heterocycles. The molecule has 1 rings (SSSR count). The number of rotatable bonds is 9. The molecule has 0 aliphatic carbocycles. The number of carbonyl (C=O) groups excluding carboxylic acids is 1. The van der Waals surface area contributed by atoms with Crippen molar-refractivity contribution in [2.75, 3.05) is 33.4 Å². The first-order valence-electron chi connectivity index (χ1n) is 7.14. The van der Waals surface area contributed by atoms with Crippen LogP contribution in [0.2, 0.25) is 0 Å². The van der Waals surface area contributed by atoms with Gasteiger partial charge in [0, 0.05) is 32.7 Å². The summed E-state index contributed by atoms with van der Waals surface area (Å²) in [6, 6.07) is 0.450. The lowest BCUT2D eigenvalue weighted by Gasteiger charge is -2.25. The van der Waals surface area contributed by atoms with Crippen molar-refractivity contribution in [1.29, 1.82) is 0 Å². The highest BCUT2D eigenvalue weighted by Gasteiger charge is 2.29. The van der Waals surface area contributed by atoms with Gasteiger partial charge in [0.2, 0.25) is 5.91 Å². The molecule has 1 N–H and O–H groups in total. The van der Waals surface area contributed by atoms with Crippen molar-refractivity contribution in [2.24, 2.45) is 5.92 Å². The smallest absolute Gasteiger partial charge is 0.222 e. The number of carbonyl (C=O) groups is 1. The minimum Gasteiger partial charge on any atom is -0.383 e. The van der Waals surface area contributed by atoms with Crippen molar-refractivity contribution < 1.29 is 9.53 Å². The van der Waals surface area contributed by atoms with E-state index in [9.17, 15) is 4.79 Å². The summed E-state index contributed by atoms with van der Waals surface area (Å²) in [4.78, 5) is 13.9. The molecule has 1 aliphatic heterocycles. The number of ether oxygens (including phenoxy) is 1. The maximum Gasteiger partial charge on any atom is 0.222 e. The Kier molecular flexibility index (Phi) is 7.28. The van der Waals surface area contributed by atoms with Gasteiger partial charge >= 0.3 is 0 Å². The molecule has 106 valence electrons. The molecule has 0 bridgehead atoms. The Morgan fingerprint density at radius 2 is 2.22 bits per heavy atom. The summed E-state index contributed by atoms with van der Waals surface area (Å²) < 4.78 is 4.99. The predicted molar refractivity (Wildman–Crippen MR) is 73.6 cm³/mol. The molecular formula is C14H28N2O2. The van der Waals surface area contributed by atoms with Gasteiger partial charge in [-0.15, -0.1) is 0 Å². The van der Waals surface area contributed by atoms with E-state index in [1.807, 2.05) is 0 Å². The van der Waals surface area contributed by atoms with Crippen LogP contribution < -0.4 is 5.32 Å². The lowest BCUT2D eigenvalue weighted by Crippen LogP contribution is -2.36. The van der Waals surface area contributed by atoms with E-state index >= 15 is 0 Å². The zero-order chi connectivity index (χ0) is 13.4. The Morgan fingerprint density at radius 1 is 1.44 bits per heavy atom. The number of hydrogen-bond acceptors (Lipinski definition) is 3. The average Bonchev–Trinajstić information content (AvgIpc) is 2.67. The fourth-order valence-corrected chi connectivity index (χ4v) is 2.37. The Morgan fingerprint density at radius 3 is 2.89 bits per heavy atom. The van der Waals surface area contributed by atoms with Crippen LogP contribution in [0.5, 0.6) is 0 Å². The van der Waals surface area contributed by atoms with Crippen LogP contribution in [0.25, 0.3) is 0 Å². The fourth-order valence-electron chi connectivity index (χ4n) is 2.37. The summed E-state index contributed by atoms with van der Waals surface area (Å²) in [6.07, 6.45) is 3.94. The highest BCUT2D eigenvalue weighted by molar-refractivity contribution is 5.78. The Hall–Kier alpha value is -0.610. The van der Waals surface area contributed by atoms with Gasteiger partial charge < -0.3 is 15.0 Å². The highest BCUT2D eigenvalue weighted by Crippen LogP contribution is 2.22. The predicted octanol–water partition coefficient (Wildman–Crippen LogP) is 1.65. The maximum atomic E-state index is 11.8. The van der Waals surface area contributed by atoms with Gasteiger partial charge in [0.1, 0.15) is 0 Å². The minimum absolute atomic E-state index is 0.345. The van der Waals surface area contributed by atoms with Crippen LogP contribution in [0.3, 0.4) is 0 Å². The molecule has 0 unspecified atom stereocenters. The van der Waals surface area contributed by atoms with Gasteiger partial charge in [0.05, 0.1) is 6.61 Å². The summed E-state index contributed by atoms with van der Waals surface area (Å²) >= 11 is 0. The molecule has 0 aromatic rings. The molecular weight excluding hydrogens is 228 g/mol. The second-order valence-corrected chi connectivity index (χ2v) is 5.49. The van der Waals surface area contributed by atoms with Gasteiger partial charge in [-0.05, 0) is 31.7 Å². The SMILES string of the molecule is COCCNCC[C@H]1CCC(=O)N1CCC(C)C. The molecule has 18 heavy (non-hydrogen) atoms. The normalized spacial score (nSPS) is 20.1. The first-order chi connectivity index (χ1) is 8.65. The number of nitrogens with one attached hydrogen (secondary N) is 1. The lowest BCUT2D eigenvalue weighted by molar-refractivity contribution is -0.129. The van der Waals surface area contributed by atoms with E-state index in [1.54, 1.807) is 7.11 Å². The zero-order valence-corrected chi connectivity index (χ0v) is 12.1. The van der Waals surface area contributed by atoms with Crippen LogP contribution in [-0.2, 0) is 9.53 Å².